The Balaban J connectivity index is 2.03. The number of hydrogen-bond donors (Lipinski definition) is 2. The van der Waals surface area contributed by atoms with Gasteiger partial charge in [-0.1, -0.05) is 31.5 Å². The number of aryl methyl sites for hydroxylation is 2. The maximum Gasteiger partial charge on any atom is 0.227 e. The number of carbonyl (C=O) groups excluding carboxylic acids is 1. The summed E-state index contributed by atoms with van der Waals surface area (Å²) >= 11 is 0. The topological polar surface area (TPSA) is 54.0 Å². The van der Waals surface area contributed by atoms with Gasteiger partial charge in [-0.3, -0.25) is 4.79 Å². The van der Waals surface area contributed by atoms with Gasteiger partial charge in [0.25, 0.3) is 0 Å². The van der Waals surface area contributed by atoms with Crippen LogP contribution >= 0.6 is 0 Å². The highest BCUT2D eigenvalue weighted by Gasteiger charge is 2.14. The predicted molar refractivity (Wildman–Crippen MR) is 96.1 cm³/mol. The molecule has 23 heavy (non-hydrogen) atoms. The summed E-state index contributed by atoms with van der Waals surface area (Å²) in [6, 6.07) is 10.0. The van der Waals surface area contributed by atoms with Crippen LogP contribution in [0.25, 0.3) is 0 Å². The van der Waals surface area contributed by atoms with E-state index in [1.54, 1.807) is 6.20 Å². The Morgan fingerprint density at radius 3 is 2.43 bits per heavy atom. The quantitative estimate of drug-likeness (QED) is 0.804. The summed E-state index contributed by atoms with van der Waals surface area (Å²) < 4.78 is 0. The monoisotopic (exact) mass is 311 g/mol. The molecule has 4 heteroatoms. The van der Waals surface area contributed by atoms with Crippen LogP contribution in [0.2, 0.25) is 0 Å². The molecule has 0 saturated heterocycles. The van der Waals surface area contributed by atoms with Crippen LogP contribution in [0, 0.1) is 19.8 Å². The fourth-order valence-electron chi connectivity index (χ4n) is 2.54. The van der Waals surface area contributed by atoms with Gasteiger partial charge in [0, 0.05) is 11.6 Å². The van der Waals surface area contributed by atoms with Crippen LogP contribution in [0.5, 0.6) is 0 Å². The van der Waals surface area contributed by atoms with E-state index in [1.807, 2.05) is 26.0 Å². The molecule has 0 saturated carbocycles. The van der Waals surface area contributed by atoms with Crippen LogP contribution in [0.15, 0.2) is 36.5 Å². The number of amides is 1. The highest BCUT2D eigenvalue weighted by molar-refractivity contribution is 5.92. The van der Waals surface area contributed by atoms with Gasteiger partial charge in [0.15, 0.2) is 0 Å². The van der Waals surface area contributed by atoms with Crippen LogP contribution < -0.4 is 10.6 Å². The predicted octanol–water partition coefficient (Wildman–Crippen LogP) is 4.82. The summed E-state index contributed by atoms with van der Waals surface area (Å²) in [7, 11) is 0. The molecule has 0 aliphatic rings. The zero-order valence-electron chi connectivity index (χ0n) is 14.3. The molecule has 0 atom stereocenters. The van der Waals surface area contributed by atoms with Gasteiger partial charge in [0.1, 0.15) is 5.82 Å². The minimum atomic E-state index is 0.0583. The molecule has 0 aliphatic carbocycles. The van der Waals surface area contributed by atoms with E-state index in [0.717, 1.165) is 30.0 Å². The van der Waals surface area contributed by atoms with Crippen LogP contribution in [0.1, 0.15) is 37.8 Å². The molecule has 1 heterocycles. The number of pyridine rings is 1. The van der Waals surface area contributed by atoms with E-state index in [9.17, 15) is 4.79 Å². The lowest BCUT2D eigenvalue weighted by molar-refractivity contribution is -0.120. The smallest absolute Gasteiger partial charge is 0.227 e. The minimum absolute atomic E-state index is 0.0583. The molecule has 2 aromatic rings. The van der Waals surface area contributed by atoms with Gasteiger partial charge in [0.2, 0.25) is 5.91 Å². The van der Waals surface area contributed by atoms with Crippen molar-refractivity contribution in [1.82, 2.24) is 4.98 Å². The lowest BCUT2D eigenvalue weighted by atomic mass is 10.0. The van der Waals surface area contributed by atoms with Crippen molar-refractivity contribution in [3.05, 3.63) is 47.7 Å². The number of nitrogens with zero attached hydrogens (tertiary/aromatic N) is 1. The van der Waals surface area contributed by atoms with Crippen molar-refractivity contribution >= 4 is 23.1 Å². The third kappa shape index (κ3) is 4.55. The van der Waals surface area contributed by atoms with Gasteiger partial charge < -0.3 is 10.6 Å². The number of aromatic nitrogens is 1. The third-order valence-corrected chi connectivity index (χ3v) is 4.03. The molecular weight excluding hydrogens is 286 g/mol. The van der Waals surface area contributed by atoms with Crippen molar-refractivity contribution < 1.29 is 4.79 Å². The zero-order chi connectivity index (χ0) is 16.8. The van der Waals surface area contributed by atoms with Crippen LogP contribution in [0.4, 0.5) is 17.2 Å². The molecule has 4 nitrogen and oxygen atoms in total. The molecule has 0 fully saturated rings. The highest BCUT2D eigenvalue weighted by Crippen LogP contribution is 2.21. The van der Waals surface area contributed by atoms with Crippen LogP contribution in [-0.2, 0) is 4.79 Å². The largest absolute Gasteiger partial charge is 0.340 e. The Labute approximate surface area is 138 Å². The summed E-state index contributed by atoms with van der Waals surface area (Å²) in [6.07, 6.45) is 3.39. The average molecular weight is 311 g/mol. The molecule has 0 radical (unpaired) electrons. The molecule has 1 aromatic heterocycles. The fourth-order valence-corrected chi connectivity index (χ4v) is 2.54. The van der Waals surface area contributed by atoms with E-state index in [0.29, 0.717) is 0 Å². The highest BCUT2D eigenvalue weighted by atomic mass is 16.1. The Kier molecular flexibility index (Phi) is 5.74. The zero-order valence-corrected chi connectivity index (χ0v) is 14.3. The fraction of sp³-hybridized carbons (Fsp3) is 0.368. The Hall–Kier alpha value is -2.36. The van der Waals surface area contributed by atoms with Crippen molar-refractivity contribution in [2.45, 2.75) is 40.5 Å². The van der Waals surface area contributed by atoms with Gasteiger partial charge in [-0.15, -0.1) is 0 Å². The summed E-state index contributed by atoms with van der Waals surface area (Å²) in [6.45, 7) is 8.21. The number of nitrogens with one attached hydrogen (secondary N) is 2. The first-order valence-corrected chi connectivity index (χ1v) is 8.14. The van der Waals surface area contributed by atoms with Crippen LogP contribution in [-0.4, -0.2) is 10.9 Å². The van der Waals surface area contributed by atoms with Gasteiger partial charge in [0.05, 0.1) is 11.9 Å². The van der Waals surface area contributed by atoms with Crippen molar-refractivity contribution in [1.29, 1.82) is 0 Å². The van der Waals surface area contributed by atoms with Crippen LogP contribution in [0.3, 0.4) is 0 Å². The second-order valence-electron chi connectivity index (χ2n) is 5.88. The minimum Gasteiger partial charge on any atom is -0.340 e. The molecule has 122 valence electrons. The number of benzene rings is 1. The summed E-state index contributed by atoms with van der Waals surface area (Å²) in [5.41, 5.74) is 4.18. The van der Waals surface area contributed by atoms with Gasteiger partial charge in [-0.2, -0.15) is 0 Å². The molecule has 0 aliphatic heterocycles. The summed E-state index contributed by atoms with van der Waals surface area (Å²) in [5.74, 6) is 0.882. The lowest BCUT2D eigenvalue weighted by Gasteiger charge is -2.13. The van der Waals surface area contributed by atoms with Crippen molar-refractivity contribution in [3.63, 3.8) is 0 Å². The van der Waals surface area contributed by atoms with E-state index in [4.69, 9.17) is 0 Å². The number of anilines is 3. The van der Waals surface area contributed by atoms with E-state index in [1.165, 1.54) is 11.1 Å². The second kappa shape index (κ2) is 7.77. The molecule has 0 bridgehead atoms. The van der Waals surface area contributed by atoms with Gasteiger partial charge >= 0.3 is 0 Å². The van der Waals surface area contributed by atoms with E-state index >= 15 is 0 Å². The SMILES string of the molecule is CCC(CC)C(=O)Nc1ccc(Nc2ccc(C)cc2C)nc1. The number of rotatable bonds is 6. The Bertz CT molecular complexity index is 661. The van der Waals surface area contributed by atoms with E-state index in [2.05, 4.69) is 47.7 Å². The second-order valence-corrected chi connectivity index (χ2v) is 5.88. The molecule has 0 unspecified atom stereocenters. The van der Waals surface area contributed by atoms with E-state index < -0.39 is 0 Å². The Morgan fingerprint density at radius 1 is 1.13 bits per heavy atom. The standard InChI is InChI=1S/C19H25N3O/c1-5-15(6-2)19(23)21-16-8-10-18(20-12-16)22-17-9-7-13(3)11-14(17)4/h7-12,15H,5-6H2,1-4H3,(H,20,22)(H,21,23). The number of hydrogen-bond acceptors (Lipinski definition) is 3. The van der Waals surface area contributed by atoms with Gasteiger partial charge in [-0.25, -0.2) is 4.98 Å². The van der Waals surface area contributed by atoms with Crippen molar-refractivity contribution in [2.24, 2.45) is 5.92 Å². The molecule has 0 spiro atoms. The third-order valence-electron chi connectivity index (χ3n) is 4.03. The summed E-state index contributed by atoms with van der Waals surface area (Å²) in [4.78, 5) is 16.4. The van der Waals surface area contributed by atoms with Crippen molar-refractivity contribution in [3.8, 4) is 0 Å². The first-order chi connectivity index (χ1) is 11.0. The van der Waals surface area contributed by atoms with Gasteiger partial charge in [-0.05, 0) is 50.5 Å². The molecular formula is C19H25N3O. The number of carbonyl (C=O) groups is 1. The maximum atomic E-state index is 12.1. The maximum absolute atomic E-state index is 12.1. The summed E-state index contributed by atoms with van der Waals surface area (Å²) in [5, 5.41) is 6.23. The van der Waals surface area contributed by atoms with E-state index in [-0.39, 0.29) is 11.8 Å². The first kappa shape index (κ1) is 17.0. The normalized spacial score (nSPS) is 10.7. The molecule has 1 aromatic carbocycles. The molecule has 2 rings (SSSR count). The molecule has 2 N–H and O–H groups in total. The Morgan fingerprint density at radius 2 is 1.87 bits per heavy atom. The molecule has 1 amide bonds. The lowest BCUT2D eigenvalue weighted by Crippen LogP contribution is -2.21. The van der Waals surface area contributed by atoms with Crippen molar-refractivity contribution in [2.75, 3.05) is 10.6 Å². The average Bonchev–Trinajstić information content (AvgIpc) is 2.53. The first-order valence-electron chi connectivity index (χ1n) is 8.14.